The van der Waals surface area contributed by atoms with Gasteiger partial charge in [0.05, 0.1) is 32.7 Å². The predicted octanol–water partition coefficient (Wildman–Crippen LogP) is 6.07. The van der Waals surface area contributed by atoms with Crippen molar-refractivity contribution in [3.63, 3.8) is 0 Å². The highest BCUT2D eigenvalue weighted by Crippen LogP contribution is 2.39. The van der Waals surface area contributed by atoms with Gasteiger partial charge in [-0.15, -0.1) is 0 Å². The summed E-state index contributed by atoms with van der Waals surface area (Å²) in [4.78, 5) is 12.0. The van der Waals surface area contributed by atoms with Crippen molar-refractivity contribution in [3.8, 4) is 28.3 Å². The molecule has 1 saturated heterocycles. The topological polar surface area (TPSA) is 88.6 Å². The maximum absolute atomic E-state index is 15.7. The quantitative estimate of drug-likeness (QED) is 0.201. The number of aromatic nitrogens is 2. The second-order valence-corrected chi connectivity index (χ2v) is 11.2. The molecule has 0 spiro atoms. The summed E-state index contributed by atoms with van der Waals surface area (Å²) in [5.74, 6) is 1.26. The minimum atomic E-state index is -1.60. The lowest BCUT2D eigenvalue weighted by Crippen LogP contribution is -2.37. The van der Waals surface area contributed by atoms with E-state index in [0.29, 0.717) is 60.3 Å². The van der Waals surface area contributed by atoms with Gasteiger partial charge in [0.1, 0.15) is 28.1 Å². The Morgan fingerprint density at radius 1 is 1.10 bits per heavy atom. The second-order valence-electron chi connectivity index (χ2n) is 9.29. The van der Waals surface area contributed by atoms with E-state index in [4.69, 9.17) is 19.4 Å². The molecule has 1 aromatic heterocycles. The Morgan fingerprint density at radius 2 is 1.88 bits per heavy atom. The number of morpholine rings is 1. The van der Waals surface area contributed by atoms with Gasteiger partial charge in [0, 0.05) is 47.3 Å². The smallest absolute Gasteiger partial charge is 0.162 e. The van der Waals surface area contributed by atoms with Crippen LogP contribution in [-0.2, 0) is 15.7 Å². The van der Waals surface area contributed by atoms with Crippen LogP contribution >= 0.6 is 11.9 Å². The number of rotatable bonds is 11. The third-order valence-corrected chi connectivity index (χ3v) is 8.18. The summed E-state index contributed by atoms with van der Waals surface area (Å²) in [6.45, 7) is 1.84. The monoisotopic (exact) mass is 599 g/mol. The maximum atomic E-state index is 15.7. The number of fused-ring (bicyclic) bond motifs is 1. The summed E-state index contributed by atoms with van der Waals surface area (Å²) in [5, 5.41) is 0.718. The Hall–Kier alpha value is -3.48. The Balaban J connectivity index is 1.63. The van der Waals surface area contributed by atoms with Gasteiger partial charge in [0.25, 0.3) is 0 Å². The molecule has 5 rings (SSSR count). The summed E-state index contributed by atoms with van der Waals surface area (Å²) < 4.78 is 57.8. The van der Waals surface area contributed by atoms with Crippen molar-refractivity contribution < 1.29 is 22.5 Å². The highest BCUT2D eigenvalue weighted by molar-refractivity contribution is 7.99. The highest BCUT2D eigenvalue weighted by Gasteiger charge is 2.22. The maximum Gasteiger partial charge on any atom is 0.162 e. The number of methoxy groups -OCH3 is 1. The first-order valence-corrected chi connectivity index (χ1v) is 15.7. The zero-order valence-electron chi connectivity index (χ0n) is 22.8. The van der Waals surface area contributed by atoms with Crippen molar-refractivity contribution in [2.24, 2.45) is 0 Å². The molecule has 41 heavy (non-hydrogen) atoms. The molecule has 8 nitrogen and oxygen atoms in total. The second kappa shape index (κ2) is 13.5. The fourth-order valence-corrected chi connectivity index (χ4v) is 5.89. The van der Waals surface area contributed by atoms with E-state index >= 15 is 4.39 Å². The van der Waals surface area contributed by atoms with E-state index in [1.54, 1.807) is 25.3 Å². The molecule has 0 amide bonds. The van der Waals surface area contributed by atoms with E-state index in [2.05, 4.69) is 14.3 Å². The van der Waals surface area contributed by atoms with E-state index in [9.17, 15) is 8.60 Å². The molecule has 0 aliphatic carbocycles. The minimum Gasteiger partial charge on any atom is -0.494 e. The minimum absolute atomic E-state index is 0.0816. The number of ether oxygens (including phenoxy) is 2. The van der Waals surface area contributed by atoms with Crippen LogP contribution in [0.3, 0.4) is 0 Å². The van der Waals surface area contributed by atoms with E-state index in [0.717, 1.165) is 16.6 Å². The molecule has 4 aromatic rings. The lowest BCUT2D eigenvalue weighted by Gasteiger charge is -2.29. The number of nitrogens with one attached hydrogen (secondary N) is 2. The fourth-order valence-electron chi connectivity index (χ4n) is 4.64. The molecule has 1 unspecified atom stereocenters. The molecule has 216 valence electrons. The van der Waals surface area contributed by atoms with E-state index in [1.807, 2.05) is 36.6 Å². The highest BCUT2D eigenvalue weighted by atomic mass is 32.2. The molecular formula is C29H31F2N5O3S2. The van der Waals surface area contributed by atoms with Crippen LogP contribution in [0.15, 0.2) is 54.6 Å². The number of hydrogen-bond acceptors (Lipinski definition) is 8. The Morgan fingerprint density at radius 3 is 2.59 bits per heavy atom. The van der Waals surface area contributed by atoms with Gasteiger partial charge >= 0.3 is 0 Å². The summed E-state index contributed by atoms with van der Waals surface area (Å²) in [6, 6.07) is 16.3. The van der Waals surface area contributed by atoms with Crippen molar-refractivity contribution in [2.45, 2.75) is 6.42 Å². The molecule has 2 heterocycles. The average Bonchev–Trinajstić information content (AvgIpc) is 3.01. The number of nitrogens with zero attached hydrogens (tertiary/aromatic N) is 3. The Kier molecular flexibility index (Phi) is 9.53. The number of alkyl halides is 1. The summed E-state index contributed by atoms with van der Waals surface area (Å²) in [6.07, 6.45) is 2.10. The molecule has 1 atom stereocenters. The first-order valence-electron chi connectivity index (χ1n) is 13.1. The molecule has 0 saturated carbocycles. The van der Waals surface area contributed by atoms with Crippen LogP contribution in [0.4, 0.5) is 26.0 Å². The largest absolute Gasteiger partial charge is 0.494 e. The summed E-state index contributed by atoms with van der Waals surface area (Å²) >= 11 is 1.52. The van der Waals surface area contributed by atoms with Crippen molar-refractivity contribution >= 4 is 51.0 Å². The first-order chi connectivity index (χ1) is 20.0. The summed E-state index contributed by atoms with van der Waals surface area (Å²) in [5.41, 5.74) is 3.37. The Bertz CT molecular complexity index is 1540. The van der Waals surface area contributed by atoms with Crippen molar-refractivity contribution in [2.75, 3.05) is 66.4 Å². The number of anilines is 3. The van der Waals surface area contributed by atoms with Gasteiger partial charge in [0.15, 0.2) is 11.6 Å². The molecule has 12 heteroatoms. The molecule has 1 aliphatic rings. The third kappa shape index (κ3) is 6.55. The molecule has 0 radical (unpaired) electrons. The molecule has 0 bridgehead atoms. The van der Waals surface area contributed by atoms with E-state index in [-0.39, 0.29) is 17.9 Å². The molecule has 1 fully saturated rings. The van der Waals surface area contributed by atoms with Crippen LogP contribution < -0.4 is 19.1 Å². The molecule has 2 N–H and O–H groups in total. The van der Waals surface area contributed by atoms with Gasteiger partial charge in [0.2, 0.25) is 0 Å². The van der Waals surface area contributed by atoms with Crippen molar-refractivity contribution in [1.29, 1.82) is 0 Å². The van der Waals surface area contributed by atoms with Crippen LogP contribution in [0, 0.1) is 5.82 Å². The normalized spacial score (nSPS) is 14.2. The van der Waals surface area contributed by atoms with Crippen LogP contribution in [-0.4, -0.2) is 66.3 Å². The fraction of sp³-hybridized carbons (Fsp3) is 0.310. The van der Waals surface area contributed by atoms with Gasteiger partial charge in [-0.1, -0.05) is 24.1 Å². The lowest BCUT2D eigenvalue weighted by molar-refractivity contribution is 0.122. The van der Waals surface area contributed by atoms with Gasteiger partial charge in [-0.05, 0) is 54.4 Å². The lowest BCUT2D eigenvalue weighted by atomic mass is 10.0. The average molecular weight is 600 g/mol. The van der Waals surface area contributed by atoms with E-state index < -0.39 is 23.5 Å². The zero-order chi connectivity index (χ0) is 28.8. The van der Waals surface area contributed by atoms with Crippen molar-refractivity contribution in [3.05, 3.63) is 60.4 Å². The predicted molar refractivity (Wildman–Crippen MR) is 164 cm³/mol. The van der Waals surface area contributed by atoms with Gasteiger partial charge in [-0.2, -0.15) is 0 Å². The Labute approximate surface area is 244 Å². The molecular weight excluding hydrogens is 568 g/mol. The van der Waals surface area contributed by atoms with Gasteiger partial charge < -0.3 is 23.8 Å². The first kappa shape index (κ1) is 29.0. The third-order valence-electron chi connectivity index (χ3n) is 6.64. The number of halogens is 2. The van der Waals surface area contributed by atoms with Crippen LogP contribution in [0.2, 0.25) is 0 Å². The SMILES string of the molecule is COc1cc(-c2cccc(NS(=O)CCCF)c2F)cc2c(N3CCOCC3)nc(-c3ccc(NSC)cc3)nc12. The number of benzene rings is 3. The summed E-state index contributed by atoms with van der Waals surface area (Å²) in [7, 11) is -0.0478. The van der Waals surface area contributed by atoms with Crippen LogP contribution in [0.25, 0.3) is 33.4 Å². The van der Waals surface area contributed by atoms with Gasteiger partial charge in [-0.3, -0.25) is 4.39 Å². The zero-order valence-corrected chi connectivity index (χ0v) is 24.4. The van der Waals surface area contributed by atoms with E-state index in [1.165, 1.54) is 18.0 Å². The van der Waals surface area contributed by atoms with Gasteiger partial charge in [-0.25, -0.2) is 18.6 Å². The molecule has 1 aliphatic heterocycles. The van der Waals surface area contributed by atoms with Crippen LogP contribution in [0.1, 0.15) is 6.42 Å². The van der Waals surface area contributed by atoms with Crippen molar-refractivity contribution in [1.82, 2.24) is 9.97 Å². The van der Waals surface area contributed by atoms with Crippen LogP contribution in [0.5, 0.6) is 5.75 Å². The molecule has 3 aromatic carbocycles. The standard InChI is InChI=1S/C29H31F2N5O3S2/c1-38-25-18-20(22-5-3-6-24(26(22)31)35-41(37)16-4-11-30)17-23-27(25)32-28(19-7-9-21(10-8-19)34-40-2)33-29(23)36-12-14-39-15-13-36/h3,5-10,17-18,34-35H,4,11-16H2,1-2H3. The number of hydrogen-bond donors (Lipinski definition) is 2.